The van der Waals surface area contributed by atoms with Gasteiger partial charge in [-0.1, -0.05) is 70.4 Å². The van der Waals surface area contributed by atoms with E-state index < -0.39 is 12.0 Å². The first-order valence-corrected chi connectivity index (χ1v) is 12.1. The molecule has 4 rings (SSSR count). The van der Waals surface area contributed by atoms with Gasteiger partial charge in [-0.2, -0.15) is 0 Å². The van der Waals surface area contributed by atoms with Crippen LogP contribution in [0.1, 0.15) is 24.1 Å². The number of fused-ring (bicyclic) bond motifs is 1. The Morgan fingerprint density at radius 2 is 1.88 bits per heavy atom. The molecule has 1 atom stereocenters. The van der Waals surface area contributed by atoms with Gasteiger partial charge in [-0.15, -0.1) is 0 Å². The van der Waals surface area contributed by atoms with E-state index in [1.54, 1.807) is 55.5 Å². The third-order valence-electron chi connectivity index (χ3n) is 5.20. The predicted molar refractivity (Wildman–Crippen MR) is 135 cm³/mol. The lowest BCUT2D eigenvalue weighted by Crippen LogP contribution is -2.40. The maximum Gasteiger partial charge on any atom is 0.338 e. The van der Waals surface area contributed by atoms with Crippen LogP contribution in [-0.2, 0) is 14.3 Å². The zero-order valence-electron chi connectivity index (χ0n) is 18.2. The molecule has 1 aliphatic heterocycles. The first kappa shape index (κ1) is 24.7. The molecule has 2 heterocycles. The first-order valence-electron chi connectivity index (χ1n) is 10.2. The lowest BCUT2D eigenvalue weighted by molar-refractivity contribution is -0.140. The Balaban J connectivity index is 1.91. The van der Waals surface area contributed by atoms with Gasteiger partial charge in [-0.25, -0.2) is 9.79 Å². The Hall–Kier alpha value is -2.42. The van der Waals surface area contributed by atoms with Crippen molar-refractivity contribution in [2.45, 2.75) is 13.0 Å². The minimum Gasteiger partial charge on any atom is -0.460 e. The van der Waals surface area contributed by atoms with Crippen LogP contribution in [0.5, 0.6) is 0 Å². The number of halogens is 3. The summed E-state index contributed by atoms with van der Waals surface area (Å²) < 4.78 is 12.3. The van der Waals surface area contributed by atoms with Crippen molar-refractivity contribution in [2.24, 2.45) is 4.99 Å². The molecule has 176 valence electrons. The number of benzene rings is 2. The van der Waals surface area contributed by atoms with E-state index in [0.717, 1.165) is 0 Å². The molecule has 0 unspecified atom stereocenters. The average molecular weight is 538 g/mol. The van der Waals surface area contributed by atoms with Crippen LogP contribution in [0.4, 0.5) is 0 Å². The van der Waals surface area contributed by atoms with Gasteiger partial charge in [0.05, 0.1) is 32.5 Å². The molecule has 0 saturated heterocycles. The number of thiazole rings is 1. The minimum absolute atomic E-state index is 0.0725. The molecule has 1 aromatic heterocycles. The van der Waals surface area contributed by atoms with Crippen molar-refractivity contribution in [3.63, 3.8) is 0 Å². The van der Waals surface area contributed by atoms with Crippen molar-refractivity contribution in [3.05, 3.63) is 99.6 Å². The lowest BCUT2D eigenvalue weighted by Gasteiger charge is -2.25. The van der Waals surface area contributed by atoms with Crippen molar-refractivity contribution in [1.82, 2.24) is 4.57 Å². The number of nitrogens with zero attached hydrogens (tertiary/aromatic N) is 2. The van der Waals surface area contributed by atoms with E-state index in [0.29, 0.717) is 41.2 Å². The second-order valence-electron chi connectivity index (χ2n) is 7.41. The molecular weight excluding hydrogens is 519 g/mol. The number of carbonyl (C=O) groups is 1. The summed E-state index contributed by atoms with van der Waals surface area (Å²) in [6.45, 7) is 2.04. The Morgan fingerprint density at radius 1 is 1.12 bits per heavy atom. The zero-order valence-corrected chi connectivity index (χ0v) is 21.3. The van der Waals surface area contributed by atoms with Crippen LogP contribution in [0.25, 0.3) is 6.08 Å². The number of ether oxygens (including phenoxy) is 2. The molecule has 0 N–H and O–H groups in total. The van der Waals surface area contributed by atoms with Crippen molar-refractivity contribution < 1.29 is 14.3 Å². The van der Waals surface area contributed by atoms with Gasteiger partial charge in [0.25, 0.3) is 5.56 Å². The fraction of sp³-hybridized carbons (Fsp3) is 0.208. The SMILES string of the molecule is COCCOC(=O)C1=C(C)N=c2s/c(=C\c3ccc(Cl)c(Cl)c3)c(=O)n2[C@H]1c1ccccc1Cl. The molecule has 6 nitrogen and oxygen atoms in total. The number of methoxy groups -OCH3 is 1. The summed E-state index contributed by atoms with van der Waals surface area (Å²) in [6, 6.07) is 11.4. The van der Waals surface area contributed by atoms with E-state index >= 15 is 0 Å². The van der Waals surface area contributed by atoms with Crippen molar-refractivity contribution in [3.8, 4) is 0 Å². The van der Waals surface area contributed by atoms with Crippen molar-refractivity contribution in [2.75, 3.05) is 20.3 Å². The molecular formula is C24H19Cl3N2O4S. The molecule has 34 heavy (non-hydrogen) atoms. The number of esters is 1. The van der Waals surface area contributed by atoms with Gasteiger partial charge in [0.2, 0.25) is 0 Å². The van der Waals surface area contributed by atoms with E-state index in [1.807, 2.05) is 0 Å². The van der Waals surface area contributed by atoms with Crippen LogP contribution in [-0.4, -0.2) is 30.9 Å². The summed E-state index contributed by atoms with van der Waals surface area (Å²) in [5.41, 5.74) is 1.70. The molecule has 10 heteroatoms. The van der Waals surface area contributed by atoms with E-state index in [4.69, 9.17) is 44.3 Å². The first-order chi connectivity index (χ1) is 16.3. The quantitative estimate of drug-likeness (QED) is 0.346. The fourth-order valence-electron chi connectivity index (χ4n) is 3.62. The van der Waals surface area contributed by atoms with Gasteiger partial charge in [0, 0.05) is 12.1 Å². The predicted octanol–water partition coefficient (Wildman–Crippen LogP) is 4.39. The Morgan fingerprint density at radius 3 is 2.59 bits per heavy atom. The Labute approximate surface area is 214 Å². The summed E-state index contributed by atoms with van der Waals surface area (Å²) in [7, 11) is 1.52. The molecule has 0 fully saturated rings. The highest BCUT2D eigenvalue weighted by atomic mass is 35.5. The maximum atomic E-state index is 13.6. The van der Waals surface area contributed by atoms with Crippen LogP contribution >= 0.6 is 46.1 Å². The van der Waals surface area contributed by atoms with Gasteiger partial charge in [-0.05, 0) is 42.3 Å². The largest absolute Gasteiger partial charge is 0.460 e. The second-order valence-corrected chi connectivity index (χ2v) is 9.64. The van der Waals surface area contributed by atoms with Gasteiger partial charge >= 0.3 is 5.97 Å². The number of aromatic nitrogens is 1. The molecule has 2 aromatic carbocycles. The highest BCUT2D eigenvalue weighted by Gasteiger charge is 2.34. The van der Waals surface area contributed by atoms with Crippen LogP contribution in [0, 0.1) is 0 Å². The number of allylic oxidation sites excluding steroid dienone is 1. The molecule has 0 spiro atoms. The Kier molecular flexibility index (Phi) is 7.60. The van der Waals surface area contributed by atoms with Crippen LogP contribution in [0.3, 0.4) is 0 Å². The second kappa shape index (κ2) is 10.5. The molecule has 0 bridgehead atoms. The van der Waals surface area contributed by atoms with Crippen LogP contribution < -0.4 is 14.9 Å². The van der Waals surface area contributed by atoms with Gasteiger partial charge < -0.3 is 9.47 Å². The lowest BCUT2D eigenvalue weighted by atomic mass is 9.96. The number of hydrogen-bond acceptors (Lipinski definition) is 6. The third-order valence-corrected chi connectivity index (χ3v) is 7.27. The van der Waals surface area contributed by atoms with Crippen LogP contribution in [0.2, 0.25) is 15.1 Å². The monoisotopic (exact) mass is 536 g/mol. The van der Waals surface area contributed by atoms with E-state index in [1.165, 1.54) is 23.0 Å². The van der Waals surface area contributed by atoms with Gasteiger partial charge in [0.15, 0.2) is 4.80 Å². The van der Waals surface area contributed by atoms with Gasteiger partial charge in [-0.3, -0.25) is 9.36 Å². The smallest absolute Gasteiger partial charge is 0.338 e. The van der Waals surface area contributed by atoms with Gasteiger partial charge in [0.1, 0.15) is 12.6 Å². The molecule has 0 aliphatic carbocycles. The summed E-state index contributed by atoms with van der Waals surface area (Å²) >= 11 is 19.9. The summed E-state index contributed by atoms with van der Waals surface area (Å²) in [5, 5.41) is 1.23. The highest BCUT2D eigenvalue weighted by molar-refractivity contribution is 7.07. The summed E-state index contributed by atoms with van der Waals surface area (Å²) in [4.78, 5) is 31.7. The Bertz CT molecular complexity index is 1480. The average Bonchev–Trinajstić information content (AvgIpc) is 3.10. The number of hydrogen-bond donors (Lipinski definition) is 0. The maximum absolute atomic E-state index is 13.6. The fourth-order valence-corrected chi connectivity index (χ4v) is 5.21. The van der Waals surface area contributed by atoms with Crippen LogP contribution in [0.15, 0.2) is 63.5 Å². The zero-order chi connectivity index (χ0) is 24.4. The molecule has 3 aromatic rings. The number of rotatable bonds is 6. The normalized spacial score (nSPS) is 15.8. The van der Waals surface area contributed by atoms with E-state index in [-0.39, 0.29) is 24.3 Å². The summed E-state index contributed by atoms with van der Waals surface area (Å²) in [5.74, 6) is -0.581. The molecule has 1 aliphatic rings. The van der Waals surface area contributed by atoms with E-state index in [9.17, 15) is 9.59 Å². The van der Waals surface area contributed by atoms with E-state index in [2.05, 4.69) is 4.99 Å². The van der Waals surface area contributed by atoms with Crippen molar-refractivity contribution in [1.29, 1.82) is 0 Å². The third kappa shape index (κ3) is 4.85. The molecule has 0 saturated carbocycles. The standard InChI is InChI=1S/C24H19Cl3N2O4S/c1-13-20(23(31)33-10-9-32-2)21(15-5-3-4-6-16(15)25)29-22(30)19(34-24(29)28-13)12-14-7-8-17(26)18(27)11-14/h3-8,11-12,21H,9-10H2,1-2H3/b19-12-/t21-/m0/s1. The minimum atomic E-state index is -0.795. The summed E-state index contributed by atoms with van der Waals surface area (Å²) in [6.07, 6.45) is 1.71. The number of carbonyl (C=O) groups excluding carboxylic acids is 1. The molecule has 0 radical (unpaired) electrons. The highest BCUT2D eigenvalue weighted by Crippen LogP contribution is 2.34. The topological polar surface area (TPSA) is 69.9 Å². The van der Waals surface area contributed by atoms with Crippen molar-refractivity contribution >= 4 is 58.2 Å². The molecule has 0 amide bonds.